The molecule has 0 aliphatic carbocycles. The fourth-order valence-corrected chi connectivity index (χ4v) is 2.25. The van der Waals surface area contributed by atoms with Crippen molar-refractivity contribution in [3.63, 3.8) is 0 Å². The smallest absolute Gasteiger partial charge is 0.465 e. The molecule has 0 unspecified atom stereocenters. The van der Waals surface area contributed by atoms with Crippen LogP contribution in [0.25, 0.3) is 0 Å². The van der Waals surface area contributed by atoms with Gasteiger partial charge in [-0.05, 0) is 43.3 Å². The largest absolute Gasteiger partial charge is 0.573 e. The lowest BCUT2D eigenvalue weighted by molar-refractivity contribution is -0.274. The first-order chi connectivity index (χ1) is 14.1. The lowest BCUT2D eigenvalue weighted by atomic mass is 10.2. The molecule has 2 aromatic rings. The number of hydrogen-bond acceptors (Lipinski definition) is 5. The Balaban J connectivity index is 1.99. The Bertz CT molecular complexity index is 969. The minimum absolute atomic E-state index is 0.0484. The Labute approximate surface area is 169 Å². The van der Waals surface area contributed by atoms with Crippen molar-refractivity contribution in [3.8, 4) is 5.75 Å². The van der Waals surface area contributed by atoms with Gasteiger partial charge in [0.25, 0.3) is 5.91 Å². The highest BCUT2D eigenvalue weighted by molar-refractivity contribution is 6.10. The van der Waals surface area contributed by atoms with Crippen LogP contribution in [0.5, 0.6) is 5.75 Å². The number of carbonyl (C=O) groups is 3. The maximum absolute atomic E-state index is 12.3. The van der Waals surface area contributed by atoms with Gasteiger partial charge in [-0.1, -0.05) is 6.07 Å². The number of ether oxygens (including phenoxy) is 2. The van der Waals surface area contributed by atoms with Gasteiger partial charge < -0.3 is 20.1 Å². The van der Waals surface area contributed by atoms with Gasteiger partial charge in [-0.2, -0.15) is 0 Å². The molecule has 0 bridgehead atoms. The Kier molecular flexibility index (Phi) is 7.18. The zero-order valence-corrected chi connectivity index (χ0v) is 15.9. The van der Waals surface area contributed by atoms with Gasteiger partial charge in [-0.25, -0.2) is 4.79 Å². The highest BCUT2D eigenvalue weighted by Gasteiger charge is 2.31. The van der Waals surface area contributed by atoms with Crippen LogP contribution in [0.4, 0.5) is 24.5 Å². The number of benzene rings is 2. The van der Waals surface area contributed by atoms with Gasteiger partial charge in [-0.3, -0.25) is 9.59 Å². The van der Waals surface area contributed by atoms with E-state index < -0.39 is 29.9 Å². The first-order valence-corrected chi connectivity index (χ1v) is 8.42. The SMILES string of the molecule is COC(=O)c1ccc(NC(=O)/C(C)=C/C(=O)Nc2cccc(OC(F)(F)F)c2)cc1. The van der Waals surface area contributed by atoms with E-state index in [4.69, 9.17) is 0 Å². The summed E-state index contributed by atoms with van der Waals surface area (Å²) in [5, 5.41) is 4.90. The van der Waals surface area contributed by atoms with Crippen LogP contribution < -0.4 is 15.4 Å². The van der Waals surface area contributed by atoms with E-state index in [1.807, 2.05) is 0 Å². The quantitative estimate of drug-likeness (QED) is 0.544. The minimum Gasteiger partial charge on any atom is -0.465 e. The highest BCUT2D eigenvalue weighted by atomic mass is 19.4. The number of hydrogen-bond donors (Lipinski definition) is 2. The maximum atomic E-state index is 12.3. The number of anilines is 2. The van der Waals surface area contributed by atoms with Gasteiger partial charge in [0.1, 0.15) is 5.75 Å². The molecule has 0 heterocycles. The van der Waals surface area contributed by atoms with E-state index in [1.165, 1.54) is 50.4 Å². The summed E-state index contributed by atoms with van der Waals surface area (Å²) in [5.41, 5.74) is 0.800. The van der Waals surface area contributed by atoms with Gasteiger partial charge in [-0.15, -0.1) is 13.2 Å². The zero-order chi connectivity index (χ0) is 22.3. The molecule has 7 nitrogen and oxygen atoms in total. The molecule has 158 valence electrons. The molecule has 0 fully saturated rings. The number of rotatable bonds is 6. The molecule has 0 saturated heterocycles. The zero-order valence-electron chi connectivity index (χ0n) is 15.9. The number of nitrogens with one attached hydrogen (secondary N) is 2. The molecule has 0 aliphatic rings. The Morgan fingerprint density at radius 1 is 0.967 bits per heavy atom. The summed E-state index contributed by atoms with van der Waals surface area (Å²) in [6.45, 7) is 1.39. The standard InChI is InChI=1S/C20H17F3N2O5/c1-12(18(27)25-14-8-6-13(7-9-14)19(28)29-2)10-17(26)24-15-4-3-5-16(11-15)30-20(21,22)23/h3-11H,1-2H3,(H,24,26)(H,25,27)/b12-10+. The number of esters is 1. The third kappa shape index (κ3) is 6.97. The number of halogens is 3. The number of amides is 2. The van der Waals surface area contributed by atoms with Crippen LogP contribution in [-0.2, 0) is 14.3 Å². The third-order valence-electron chi connectivity index (χ3n) is 3.60. The monoisotopic (exact) mass is 422 g/mol. The second-order valence-electron chi connectivity index (χ2n) is 5.92. The fraction of sp³-hybridized carbons (Fsp3) is 0.150. The van der Waals surface area contributed by atoms with Crippen molar-refractivity contribution in [2.45, 2.75) is 13.3 Å². The van der Waals surface area contributed by atoms with Crippen LogP contribution >= 0.6 is 0 Å². The topological polar surface area (TPSA) is 93.7 Å². The van der Waals surface area contributed by atoms with Crippen LogP contribution in [0.3, 0.4) is 0 Å². The molecule has 30 heavy (non-hydrogen) atoms. The van der Waals surface area contributed by atoms with E-state index in [9.17, 15) is 27.6 Å². The molecule has 0 spiro atoms. The highest BCUT2D eigenvalue weighted by Crippen LogP contribution is 2.25. The number of carbonyl (C=O) groups excluding carboxylic acids is 3. The Hall–Kier alpha value is -3.82. The molecule has 0 atom stereocenters. The van der Waals surface area contributed by atoms with E-state index >= 15 is 0 Å². The number of alkyl halides is 3. The molecule has 2 rings (SSSR count). The predicted molar refractivity (Wildman–Crippen MR) is 102 cm³/mol. The number of methoxy groups -OCH3 is 1. The summed E-state index contributed by atoms with van der Waals surface area (Å²) in [5.74, 6) is -2.31. The van der Waals surface area contributed by atoms with Gasteiger partial charge in [0.2, 0.25) is 5.91 Å². The molecule has 0 saturated carbocycles. The third-order valence-corrected chi connectivity index (χ3v) is 3.60. The summed E-state index contributed by atoms with van der Waals surface area (Å²) in [6.07, 6.45) is -3.86. The normalized spacial score (nSPS) is 11.4. The molecule has 0 aliphatic heterocycles. The first-order valence-electron chi connectivity index (χ1n) is 8.42. The van der Waals surface area contributed by atoms with E-state index in [-0.39, 0.29) is 11.3 Å². The lowest BCUT2D eigenvalue weighted by Gasteiger charge is -2.10. The second kappa shape index (κ2) is 9.59. The molecule has 2 N–H and O–H groups in total. The van der Waals surface area contributed by atoms with Crippen molar-refractivity contribution in [1.82, 2.24) is 0 Å². The molecular formula is C20H17F3N2O5. The summed E-state index contributed by atoms with van der Waals surface area (Å²) in [6, 6.07) is 10.6. The van der Waals surface area contributed by atoms with Crippen molar-refractivity contribution in [2.24, 2.45) is 0 Å². The fourth-order valence-electron chi connectivity index (χ4n) is 2.25. The molecule has 0 aromatic heterocycles. The van der Waals surface area contributed by atoms with Crippen LogP contribution in [0.2, 0.25) is 0 Å². The molecule has 2 amide bonds. The summed E-state index contributed by atoms with van der Waals surface area (Å²) in [4.78, 5) is 35.6. The van der Waals surface area contributed by atoms with Crippen molar-refractivity contribution < 1.29 is 37.0 Å². The average Bonchev–Trinajstić information content (AvgIpc) is 2.66. The molecule has 2 aromatic carbocycles. The van der Waals surface area contributed by atoms with Crippen LogP contribution in [-0.4, -0.2) is 31.3 Å². The van der Waals surface area contributed by atoms with E-state index in [2.05, 4.69) is 20.1 Å². The van der Waals surface area contributed by atoms with E-state index in [0.29, 0.717) is 11.3 Å². The van der Waals surface area contributed by atoms with Crippen molar-refractivity contribution in [1.29, 1.82) is 0 Å². The second-order valence-corrected chi connectivity index (χ2v) is 5.92. The summed E-state index contributed by atoms with van der Waals surface area (Å²) >= 11 is 0. The summed E-state index contributed by atoms with van der Waals surface area (Å²) in [7, 11) is 1.25. The lowest BCUT2D eigenvalue weighted by Crippen LogP contribution is -2.18. The van der Waals surface area contributed by atoms with E-state index in [0.717, 1.165) is 18.2 Å². The molecule has 10 heteroatoms. The Morgan fingerprint density at radius 2 is 1.63 bits per heavy atom. The Morgan fingerprint density at radius 3 is 2.23 bits per heavy atom. The van der Waals surface area contributed by atoms with Gasteiger partial charge in [0.15, 0.2) is 0 Å². The van der Waals surface area contributed by atoms with E-state index in [1.54, 1.807) is 0 Å². The van der Waals surface area contributed by atoms with Crippen molar-refractivity contribution >= 4 is 29.2 Å². The summed E-state index contributed by atoms with van der Waals surface area (Å²) < 4.78 is 45.2. The molecular weight excluding hydrogens is 405 g/mol. The van der Waals surface area contributed by atoms with Crippen LogP contribution in [0, 0.1) is 0 Å². The van der Waals surface area contributed by atoms with Crippen LogP contribution in [0.15, 0.2) is 60.2 Å². The van der Waals surface area contributed by atoms with Gasteiger partial charge >= 0.3 is 12.3 Å². The average molecular weight is 422 g/mol. The van der Waals surface area contributed by atoms with Crippen molar-refractivity contribution in [2.75, 3.05) is 17.7 Å². The maximum Gasteiger partial charge on any atom is 0.573 e. The first kappa shape index (κ1) is 22.5. The minimum atomic E-state index is -4.85. The predicted octanol–water partition coefficient (Wildman–Crippen LogP) is 3.90. The van der Waals surface area contributed by atoms with Gasteiger partial charge in [0.05, 0.1) is 12.7 Å². The van der Waals surface area contributed by atoms with Gasteiger partial charge in [0, 0.05) is 29.1 Å². The van der Waals surface area contributed by atoms with Crippen molar-refractivity contribution in [3.05, 3.63) is 65.7 Å². The van der Waals surface area contributed by atoms with Crippen LogP contribution in [0.1, 0.15) is 17.3 Å². The molecule has 0 radical (unpaired) electrons.